The van der Waals surface area contributed by atoms with E-state index in [0.717, 1.165) is 0 Å². The van der Waals surface area contributed by atoms with Gasteiger partial charge in [0.05, 0.1) is 5.69 Å². The molecule has 3 unspecified atom stereocenters. The van der Waals surface area contributed by atoms with Crippen LogP contribution in [0, 0.1) is 5.82 Å². The van der Waals surface area contributed by atoms with E-state index in [0.29, 0.717) is 25.1 Å². The molecule has 158 valence electrons. The summed E-state index contributed by atoms with van der Waals surface area (Å²) < 4.78 is 17.9. The fourth-order valence-corrected chi connectivity index (χ4v) is 3.00. The SMILES string of the molecule is CC(=O)OC(C)C(NC(=O)N1CCCC1C(=O)NNc1ccc(F)cc1)C(N)=O. The highest BCUT2D eigenvalue weighted by molar-refractivity contribution is 5.91. The number of halogens is 1. The molecule has 5 N–H and O–H groups in total. The van der Waals surface area contributed by atoms with Crippen molar-refractivity contribution < 1.29 is 28.3 Å². The highest BCUT2D eigenvalue weighted by Gasteiger charge is 2.37. The zero-order valence-electron chi connectivity index (χ0n) is 16.1. The van der Waals surface area contributed by atoms with E-state index in [-0.39, 0.29) is 0 Å². The van der Waals surface area contributed by atoms with Crippen molar-refractivity contribution in [1.82, 2.24) is 15.6 Å². The third-order valence-electron chi connectivity index (χ3n) is 4.40. The molecular weight excluding hydrogens is 385 g/mol. The van der Waals surface area contributed by atoms with Crippen molar-refractivity contribution in [3.63, 3.8) is 0 Å². The van der Waals surface area contributed by atoms with Crippen molar-refractivity contribution in [3.05, 3.63) is 30.1 Å². The zero-order chi connectivity index (χ0) is 21.6. The molecule has 0 bridgehead atoms. The number of nitrogens with zero attached hydrogens (tertiary/aromatic N) is 1. The molecule has 1 aliphatic rings. The van der Waals surface area contributed by atoms with Crippen molar-refractivity contribution in [1.29, 1.82) is 0 Å². The molecule has 1 saturated heterocycles. The van der Waals surface area contributed by atoms with E-state index in [1.54, 1.807) is 0 Å². The Labute approximate surface area is 166 Å². The van der Waals surface area contributed by atoms with Crippen LogP contribution in [0.2, 0.25) is 0 Å². The Balaban J connectivity index is 1.97. The Kier molecular flexibility index (Phi) is 7.34. The van der Waals surface area contributed by atoms with Crippen LogP contribution in [0.4, 0.5) is 14.9 Å². The lowest BCUT2D eigenvalue weighted by molar-refractivity contribution is -0.148. The molecule has 0 aromatic heterocycles. The van der Waals surface area contributed by atoms with Crippen molar-refractivity contribution in [2.75, 3.05) is 12.0 Å². The fourth-order valence-electron chi connectivity index (χ4n) is 3.00. The summed E-state index contributed by atoms with van der Waals surface area (Å²) >= 11 is 0. The summed E-state index contributed by atoms with van der Waals surface area (Å²) in [6.07, 6.45) is 0.0393. The number of benzene rings is 1. The van der Waals surface area contributed by atoms with Crippen molar-refractivity contribution in [2.45, 2.75) is 44.9 Å². The number of nitrogens with one attached hydrogen (secondary N) is 3. The van der Waals surface area contributed by atoms with Crippen molar-refractivity contribution >= 4 is 29.5 Å². The van der Waals surface area contributed by atoms with Gasteiger partial charge in [0.2, 0.25) is 5.91 Å². The lowest BCUT2D eigenvalue weighted by Gasteiger charge is -2.28. The lowest BCUT2D eigenvalue weighted by Crippen LogP contribution is -2.57. The van der Waals surface area contributed by atoms with Crippen LogP contribution in [0.15, 0.2) is 24.3 Å². The minimum absolute atomic E-state index is 0.300. The molecule has 1 fully saturated rings. The number of ether oxygens (including phenoxy) is 1. The van der Waals surface area contributed by atoms with Gasteiger partial charge in [0, 0.05) is 13.5 Å². The minimum Gasteiger partial charge on any atom is -0.460 e. The molecule has 1 heterocycles. The number of likely N-dealkylation sites (tertiary alicyclic amines) is 1. The van der Waals surface area contributed by atoms with Gasteiger partial charge >= 0.3 is 12.0 Å². The molecule has 2 rings (SSSR count). The number of hydrogen-bond donors (Lipinski definition) is 4. The Bertz CT molecular complexity index is 772. The quantitative estimate of drug-likeness (QED) is 0.375. The fraction of sp³-hybridized carbons (Fsp3) is 0.444. The monoisotopic (exact) mass is 409 g/mol. The van der Waals surface area contributed by atoms with Crippen LogP contribution in [-0.2, 0) is 19.1 Å². The first-order chi connectivity index (χ1) is 13.7. The van der Waals surface area contributed by atoms with Gasteiger partial charge in [0.15, 0.2) is 0 Å². The van der Waals surface area contributed by atoms with E-state index in [4.69, 9.17) is 10.5 Å². The minimum atomic E-state index is -1.24. The number of nitrogens with two attached hydrogens (primary N) is 1. The molecule has 4 amide bonds. The molecule has 1 aromatic rings. The normalized spacial score (nSPS) is 17.8. The highest BCUT2D eigenvalue weighted by atomic mass is 19.1. The second-order valence-corrected chi connectivity index (χ2v) is 6.62. The zero-order valence-corrected chi connectivity index (χ0v) is 16.1. The molecular formula is C18H24FN5O5. The van der Waals surface area contributed by atoms with E-state index in [1.165, 1.54) is 43.0 Å². The molecule has 11 heteroatoms. The summed E-state index contributed by atoms with van der Waals surface area (Å²) in [5.41, 5.74) is 10.9. The van der Waals surface area contributed by atoms with E-state index in [2.05, 4.69) is 16.2 Å². The molecule has 29 heavy (non-hydrogen) atoms. The van der Waals surface area contributed by atoms with Gasteiger partial charge in [-0.15, -0.1) is 0 Å². The molecule has 0 radical (unpaired) electrons. The largest absolute Gasteiger partial charge is 0.460 e. The second-order valence-electron chi connectivity index (χ2n) is 6.62. The third kappa shape index (κ3) is 6.06. The average molecular weight is 409 g/mol. The maximum atomic E-state index is 12.9. The number of anilines is 1. The summed E-state index contributed by atoms with van der Waals surface area (Å²) in [4.78, 5) is 49.1. The topological polar surface area (TPSA) is 143 Å². The molecule has 0 saturated carbocycles. The van der Waals surface area contributed by atoms with Crippen LogP contribution >= 0.6 is 0 Å². The number of carbonyl (C=O) groups is 4. The number of carbonyl (C=O) groups excluding carboxylic acids is 4. The van der Waals surface area contributed by atoms with E-state index in [1.807, 2.05) is 0 Å². The van der Waals surface area contributed by atoms with Gasteiger partial charge in [-0.3, -0.25) is 25.2 Å². The predicted molar refractivity (Wildman–Crippen MR) is 101 cm³/mol. The molecule has 1 aliphatic heterocycles. The molecule has 1 aromatic carbocycles. The molecule has 3 atom stereocenters. The first-order valence-corrected chi connectivity index (χ1v) is 9.04. The Hall–Kier alpha value is -3.37. The van der Waals surface area contributed by atoms with E-state index < -0.39 is 47.8 Å². The van der Waals surface area contributed by atoms with Crippen LogP contribution in [0.3, 0.4) is 0 Å². The Morgan fingerprint density at radius 1 is 1.24 bits per heavy atom. The third-order valence-corrected chi connectivity index (χ3v) is 4.40. The van der Waals surface area contributed by atoms with E-state index in [9.17, 15) is 23.6 Å². The number of esters is 1. The average Bonchev–Trinajstić information content (AvgIpc) is 3.14. The number of rotatable bonds is 7. The number of urea groups is 1. The molecule has 0 aliphatic carbocycles. The molecule has 10 nitrogen and oxygen atoms in total. The summed E-state index contributed by atoms with van der Waals surface area (Å²) in [6, 6.07) is 2.67. The maximum absolute atomic E-state index is 12.9. The number of hydrogen-bond acceptors (Lipinski definition) is 6. The van der Waals surface area contributed by atoms with E-state index >= 15 is 0 Å². The van der Waals surface area contributed by atoms with Crippen LogP contribution in [-0.4, -0.2) is 53.4 Å². The van der Waals surface area contributed by atoms with Gasteiger partial charge in [0.1, 0.15) is 24.0 Å². The van der Waals surface area contributed by atoms with Crippen molar-refractivity contribution in [3.8, 4) is 0 Å². The van der Waals surface area contributed by atoms with Gasteiger partial charge in [-0.05, 0) is 44.0 Å². The van der Waals surface area contributed by atoms with Crippen LogP contribution < -0.4 is 21.9 Å². The van der Waals surface area contributed by atoms with Crippen molar-refractivity contribution in [2.24, 2.45) is 5.73 Å². The maximum Gasteiger partial charge on any atom is 0.318 e. The summed E-state index contributed by atoms with van der Waals surface area (Å²) in [5, 5.41) is 2.42. The highest BCUT2D eigenvalue weighted by Crippen LogP contribution is 2.18. The molecule has 0 spiro atoms. The smallest absolute Gasteiger partial charge is 0.318 e. The number of primary amides is 1. The summed E-state index contributed by atoms with van der Waals surface area (Å²) in [7, 11) is 0. The van der Waals surface area contributed by atoms with Crippen LogP contribution in [0.1, 0.15) is 26.7 Å². The first kappa shape index (κ1) is 21.9. The summed E-state index contributed by atoms with van der Waals surface area (Å²) in [6.45, 7) is 2.90. The van der Waals surface area contributed by atoms with Gasteiger partial charge in [-0.2, -0.15) is 0 Å². The van der Waals surface area contributed by atoms with Crippen LogP contribution in [0.5, 0.6) is 0 Å². The standard InChI is InChI=1S/C18H24FN5O5/c1-10(29-11(2)25)15(16(20)26)21-18(28)24-9-3-4-14(24)17(27)23-22-13-7-5-12(19)6-8-13/h5-8,10,14-15,22H,3-4,9H2,1-2H3,(H2,20,26)(H,21,28)(H,23,27). The number of hydrazine groups is 1. The second kappa shape index (κ2) is 9.71. The first-order valence-electron chi connectivity index (χ1n) is 9.04. The van der Waals surface area contributed by atoms with Gasteiger partial charge < -0.3 is 20.7 Å². The Morgan fingerprint density at radius 3 is 2.48 bits per heavy atom. The van der Waals surface area contributed by atoms with Gasteiger partial charge in [0.25, 0.3) is 5.91 Å². The summed E-state index contributed by atoms with van der Waals surface area (Å²) in [5.74, 6) is -2.37. The van der Waals surface area contributed by atoms with Gasteiger partial charge in [-0.25, -0.2) is 9.18 Å². The van der Waals surface area contributed by atoms with Gasteiger partial charge in [-0.1, -0.05) is 0 Å². The predicted octanol–water partition coefficient (Wildman–Crippen LogP) is 0.248. The Morgan fingerprint density at radius 2 is 1.90 bits per heavy atom. The van der Waals surface area contributed by atoms with Crippen LogP contribution in [0.25, 0.3) is 0 Å². The number of amides is 4. The lowest BCUT2D eigenvalue weighted by atomic mass is 10.1.